The number of hydrogen-bond donors (Lipinski definition) is 1. The third kappa shape index (κ3) is 2.27. The lowest BCUT2D eigenvalue weighted by atomic mass is 10.1. The Bertz CT molecular complexity index is 685. The zero-order valence-corrected chi connectivity index (χ0v) is 13.2. The number of hydrogen-bond acceptors (Lipinski definition) is 4. The Hall–Kier alpha value is -2.41. The molecule has 2 saturated heterocycles. The number of nitrogens with zero attached hydrogens (tertiary/aromatic N) is 3. The van der Waals surface area contributed by atoms with E-state index < -0.39 is 6.09 Å². The molecule has 2 fully saturated rings. The molecule has 0 bridgehead atoms. The SMILES string of the molecule is O=C(O)N1CC(CN2C(=O)c3ccccc3C2=O)N2CCC[C@H]2C1. The molecule has 3 heterocycles. The number of carboxylic acid groups (broad SMARTS) is 1. The topological polar surface area (TPSA) is 81.2 Å². The highest BCUT2D eigenvalue weighted by molar-refractivity contribution is 6.21. The van der Waals surface area contributed by atoms with E-state index in [0.29, 0.717) is 24.2 Å². The molecule has 0 aliphatic carbocycles. The molecule has 0 saturated carbocycles. The van der Waals surface area contributed by atoms with Gasteiger partial charge in [0.05, 0.1) is 11.1 Å². The van der Waals surface area contributed by atoms with Crippen LogP contribution in [-0.4, -0.2) is 76.0 Å². The van der Waals surface area contributed by atoms with Gasteiger partial charge in [0.15, 0.2) is 0 Å². The zero-order valence-electron chi connectivity index (χ0n) is 13.2. The van der Waals surface area contributed by atoms with Crippen LogP contribution in [0.2, 0.25) is 0 Å². The first-order valence-corrected chi connectivity index (χ1v) is 8.25. The monoisotopic (exact) mass is 329 g/mol. The molecule has 1 N–H and O–H groups in total. The maximum Gasteiger partial charge on any atom is 0.407 e. The van der Waals surface area contributed by atoms with E-state index in [4.69, 9.17) is 0 Å². The van der Waals surface area contributed by atoms with E-state index >= 15 is 0 Å². The summed E-state index contributed by atoms with van der Waals surface area (Å²) < 4.78 is 0. The summed E-state index contributed by atoms with van der Waals surface area (Å²) >= 11 is 0. The summed E-state index contributed by atoms with van der Waals surface area (Å²) in [6.07, 6.45) is 1.05. The standard InChI is InChI=1S/C17H19N3O4/c21-15-13-5-1-2-6-14(13)16(22)20(15)10-12-9-18(17(23)24)8-11-4-3-7-19(11)12/h1-2,5-6,11-12H,3-4,7-10H2,(H,23,24)/t11-,12?/m0/s1. The van der Waals surface area contributed by atoms with Gasteiger partial charge in [0.2, 0.25) is 0 Å². The van der Waals surface area contributed by atoms with E-state index in [9.17, 15) is 19.5 Å². The lowest BCUT2D eigenvalue weighted by Gasteiger charge is -2.43. The highest BCUT2D eigenvalue weighted by atomic mass is 16.4. The average Bonchev–Trinajstić information content (AvgIpc) is 3.14. The van der Waals surface area contributed by atoms with Gasteiger partial charge in [-0.3, -0.25) is 19.4 Å². The number of amides is 3. The Balaban J connectivity index is 1.57. The molecule has 126 valence electrons. The van der Waals surface area contributed by atoms with Crippen LogP contribution < -0.4 is 0 Å². The molecule has 3 amide bonds. The molecule has 1 aromatic rings. The second-order valence-electron chi connectivity index (χ2n) is 6.64. The molecule has 2 atom stereocenters. The smallest absolute Gasteiger partial charge is 0.407 e. The third-order valence-electron chi connectivity index (χ3n) is 5.30. The van der Waals surface area contributed by atoms with Crippen LogP contribution in [-0.2, 0) is 0 Å². The van der Waals surface area contributed by atoms with Crippen molar-refractivity contribution in [1.29, 1.82) is 0 Å². The summed E-state index contributed by atoms with van der Waals surface area (Å²) in [6, 6.07) is 6.88. The van der Waals surface area contributed by atoms with Crippen molar-refractivity contribution >= 4 is 17.9 Å². The highest BCUT2D eigenvalue weighted by Crippen LogP contribution is 2.29. The fraction of sp³-hybridized carbons (Fsp3) is 0.471. The molecule has 7 heteroatoms. The zero-order chi connectivity index (χ0) is 16.8. The van der Waals surface area contributed by atoms with Crippen LogP contribution in [0.15, 0.2) is 24.3 Å². The fourth-order valence-corrected chi connectivity index (χ4v) is 4.16. The Morgan fingerprint density at radius 3 is 2.42 bits per heavy atom. The van der Waals surface area contributed by atoms with Crippen molar-refractivity contribution in [3.8, 4) is 0 Å². The quantitative estimate of drug-likeness (QED) is 0.822. The van der Waals surface area contributed by atoms with Crippen LogP contribution in [0.3, 0.4) is 0 Å². The van der Waals surface area contributed by atoms with E-state index in [1.54, 1.807) is 24.3 Å². The summed E-state index contributed by atoms with van der Waals surface area (Å²) in [7, 11) is 0. The van der Waals surface area contributed by atoms with Crippen molar-refractivity contribution in [2.45, 2.75) is 24.9 Å². The predicted octanol–water partition coefficient (Wildman–Crippen LogP) is 1.11. The van der Waals surface area contributed by atoms with Crippen molar-refractivity contribution in [3.63, 3.8) is 0 Å². The molecular formula is C17H19N3O4. The molecular weight excluding hydrogens is 310 g/mol. The predicted molar refractivity (Wildman–Crippen MR) is 84.9 cm³/mol. The van der Waals surface area contributed by atoms with Crippen LogP contribution >= 0.6 is 0 Å². The Labute approximate surface area is 139 Å². The average molecular weight is 329 g/mol. The van der Waals surface area contributed by atoms with Gasteiger partial charge < -0.3 is 10.0 Å². The van der Waals surface area contributed by atoms with E-state index in [1.165, 1.54) is 9.80 Å². The van der Waals surface area contributed by atoms with Gasteiger partial charge in [0.25, 0.3) is 11.8 Å². The molecule has 24 heavy (non-hydrogen) atoms. The molecule has 4 rings (SSSR count). The first-order chi connectivity index (χ1) is 11.6. The lowest BCUT2D eigenvalue weighted by Crippen LogP contribution is -2.60. The molecule has 1 unspecified atom stereocenters. The number of piperazine rings is 1. The molecule has 1 aromatic carbocycles. The number of carbonyl (C=O) groups is 3. The summed E-state index contributed by atoms with van der Waals surface area (Å²) in [5, 5.41) is 9.34. The van der Waals surface area contributed by atoms with Gasteiger partial charge >= 0.3 is 6.09 Å². The van der Waals surface area contributed by atoms with Crippen molar-refractivity contribution in [3.05, 3.63) is 35.4 Å². The first kappa shape index (κ1) is 15.1. The van der Waals surface area contributed by atoms with Crippen molar-refractivity contribution in [2.24, 2.45) is 0 Å². The van der Waals surface area contributed by atoms with Gasteiger partial charge in [0.1, 0.15) is 0 Å². The highest BCUT2D eigenvalue weighted by Gasteiger charge is 2.43. The number of benzene rings is 1. The van der Waals surface area contributed by atoms with Gasteiger partial charge in [-0.05, 0) is 31.5 Å². The van der Waals surface area contributed by atoms with E-state index in [1.807, 2.05) is 0 Å². The third-order valence-corrected chi connectivity index (χ3v) is 5.30. The second kappa shape index (κ2) is 5.59. The Morgan fingerprint density at radius 2 is 1.79 bits per heavy atom. The first-order valence-electron chi connectivity index (χ1n) is 8.25. The molecule has 3 aliphatic heterocycles. The number of imide groups is 1. The van der Waals surface area contributed by atoms with Crippen LogP contribution in [0.25, 0.3) is 0 Å². The molecule has 0 aromatic heterocycles. The van der Waals surface area contributed by atoms with Crippen LogP contribution in [0.4, 0.5) is 4.79 Å². The fourth-order valence-electron chi connectivity index (χ4n) is 4.16. The number of carbonyl (C=O) groups excluding carboxylic acids is 2. The summed E-state index contributed by atoms with van der Waals surface area (Å²) in [6.45, 7) is 1.98. The molecule has 0 spiro atoms. The molecule has 7 nitrogen and oxygen atoms in total. The number of rotatable bonds is 2. The minimum atomic E-state index is -0.936. The van der Waals surface area contributed by atoms with Crippen molar-refractivity contribution < 1.29 is 19.5 Å². The molecule has 3 aliphatic rings. The van der Waals surface area contributed by atoms with E-state index in [0.717, 1.165) is 19.4 Å². The number of fused-ring (bicyclic) bond motifs is 2. The van der Waals surface area contributed by atoms with Gasteiger partial charge in [-0.2, -0.15) is 0 Å². The minimum absolute atomic E-state index is 0.135. The molecule has 0 radical (unpaired) electrons. The Kier molecular flexibility index (Phi) is 3.53. The lowest BCUT2D eigenvalue weighted by molar-refractivity contribution is 0.0308. The van der Waals surface area contributed by atoms with Crippen molar-refractivity contribution in [2.75, 3.05) is 26.2 Å². The van der Waals surface area contributed by atoms with Crippen LogP contribution in [0.1, 0.15) is 33.6 Å². The van der Waals surface area contributed by atoms with E-state index in [2.05, 4.69) is 4.90 Å². The van der Waals surface area contributed by atoms with E-state index in [-0.39, 0.29) is 30.4 Å². The van der Waals surface area contributed by atoms with Crippen LogP contribution in [0, 0.1) is 0 Å². The van der Waals surface area contributed by atoms with Crippen molar-refractivity contribution in [1.82, 2.24) is 14.7 Å². The second-order valence-corrected chi connectivity index (χ2v) is 6.64. The maximum atomic E-state index is 12.5. The minimum Gasteiger partial charge on any atom is -0.465 e. The Morgan fingerprint density at radius 1 is 1.12 bits per heavy atom. The largest absolute Gasteiger partial charge is 0.465 e. The van der Waals surface area contributed by atoms with Gasteiger partial charge in [-0.25, -0.2) is 4.79 Å². The van der Waals surface area contributed by atoms with Gasteiger partial charge in [0, 0.05) is 31.7 Å². The van der Waals surface area contributed by atoms with Gasteiger partial charge in [-0.15, -0.1) is 0 Å². The van der Waals surface area contributed by atoms with Gasteiger partial charge in [-0.1, -0.05) is 12.1 Å². The van der Waals surface area contributed by atoms with Crippen LogP contribution in [0.5, 0.6) is 0 Å². The summed E-state index contributed by atoms with van der Waals surface area (Å²) in [5.74, 6) is -0.558. The summed E-state index contributed by atoms with van der Waals surface area (Å²) in [5.41, 5.74) is 0.873. The maximum absolute atomic E-state index is 12.5. The summed E-state index contributed by atoms with van der Waals surface area (Å²) in [4.78, 5) is 41.4. The normalized spacial score (nSPS) is 26.7.